The van der Waals surface area contributed by atoms with Gasteiger partial charge >= 0.3 is 0 Å². The molecule has 5 nitrogen and oxygen atoms in total. The molecule has 0 heterocycles. The summed E-state index contributed by atoms with van der Waals surface area (Å²) in [5.74, 6) is 2.32. The monoisotopic (exact) mass is 415 g/mol. The van der Waals surface area contributed by atoms with Gasteiger partial charge in [-0.1, -0.05) is 48.4 Å². The quantitative estimate of drug-likeness (QED) is 0.490. The molecule has 146 valence electrons. The standard InChI is InChI=1S/C21H21NO4S2/c1-4-16-22(28(25,26)21-13-11-18(3)12-14-21)17-15-19(5-2)27(23,24)20-9-7-6-8-10-20/h1,6-14H,2,15-17H2,3H3. The highest BCUT2D eigenvalue weighted by atomic mass is 32.2. The highest BCUT2D eigenvalue weighted by Gasteiger charge is 2.26. The molecular formula is C21H21NO4S2. The fraction of sp³-hybridized carbons (Fsp3) is 0.190. The van der Waals surface area contributed by atoms with Crippen LogP contribution in [0.1, 0.15) is 12.0 Å². The van der Waals surface area contributed by atoms with E-state index in [0.717, 1.165) is 9.87 Å². The zero-order valence-corrected chi connectivity index (χ0v) is 17.1. The van der Waals surface area contributed by atoms with Gasteiger partial charge in [-0.25, -0.2) is 16.8 Å². The van der Waals surface area contributed by atoms with Crippen molar-refractivity contribution in [3.8, 4) is 12.3 Å². The lowest BCUT2D eigenvalue weighted by molar-refractivity contribution is 0.450. The average Bonchev–Trinajstić information content (AvgIpc) is 2.68. The maximum atomic E-state index is 12.9. The Morgan fingerprint density at radius 2 is 1.61 bits per heavy atom. The van der Waals surface area contributed by atoms with Gasteiger partial charge in [-0.05, 0) is 31.2 Å². The molecule has 0 fully saturated rings. The molecule has 0 saturated heterocycles. The maximum absolute atomic E-state index is 12.9. The van der Waals surface area contributed by atoms with Gasteiger partial charge in [0.2, 0.25) is 19.9 Å². The lowest BCUT2D eigenvalue weighted by Gasteiger charge is -2.20. The summed E-state index contributed by atoms with van der Waals surface area (Å²) in [4.78, 5) is 0.120. The van der Waals surface area contributed by atoms with Crippen LogP contribution in [-0.2, 0) is 19.9 Å². The summed E-state index contributed by atoms with van der Waals surface area (Å²) >= 11 is 0. The summed E-state index contributed by atoms with van der Waals surface area (Å²) < 4.78 is 52.3. The number of hydrogen-bond acceptors (Lipinski definition) is 4. The summed E-state index contributed by atoms with van der Waals surface area (Å²) in [5.41, 5.74) is 3.37. The van der Waals surface area contributed by atoms with Crippen LogP contribution < -0.4 is 0 Å². The van der Waals surface area contributed by atoms with E-state index in [1.54, 1.807) is 30.3 Å². The van der Waals surface area contributed by atoms with Crippen LogP contribution in [0.3, 0.4) is 0 Å². The zero-order valence-electron chi connectivity index (χ0n) is 15.5. The van der Waals surface area contributed by atoms with E-state index in [-0.39, 0.29) is 34.2 Å². The Bertz CT molecular complexity index is 1120. The molecule has 0 atom stereocenters. The molecular weight excluding hydrogens is 394 g/mol. The van der Waals surface area contributed by atoms with Gasteiger partial charge in [0.1, 0.15) is 0 Å². The van der Waals surface area contributed by atoms with Crippen molar-refractivity contribution in [3.63, 3.8) is 0 Å². The van der Waals surface area contributed by atoms with Crippen molar-refractivity contribution in [1.82, 2.24) is 4.31 Å². The van der Waals surface area contributed by atoms with Crippen molar-refractivity contribution in [3.05, 3.63) is 77.4 Å². The minimum Gasteiger partial charge on any atom is -0.218 e. The highest BCUT2D eigenvalue weighted by Crippen LogP contribution is 2.23. The Morgan fingerprint density at radius 3 is 2.14 bits per heavy atom. The normalized spacial score (nSPS) is 11.6. The average molecular weight is 416 g/mol. The summed E-state index contributed by atoms with van der Waals surface area (Å²) in [6, 6.07) is 14.2. The highest BCUT2D eigenvalue weighted by molar-refractivity contribution is 7.95. The Hall–Kier alpha value is -2.62. The topological polar surface area (TPSA) is 71.5 Å². The molecule has 0 bridgehead atoms. The van der Waals surface area contributed by atoms with Gasteiger partial charge in [0, 0.05) is 13.0 Å². The van der Waals surface area contributed by atoms with Crippen LogP contribution in [0, 0.1) is 19.3 Å². The molecule has 0 amide bonds. The van der Waals surface area contributed by atoms with Gasteiger partial charge in [-0.15, -0.1) is 12.2 Å². The van der Waals surface area contributed by atoms with Crippen molar-refractivity contribution in [2.75, 3.05) is 13.1 Å². The van der Waals surface area contributed by atoms with Crippen LogP contribution in [0.5, 0.6) is 0 Å². The van der Waals surface area contributed by atoms with E-state index in [0.29, 0.717) is 0 Å². The van der Waals surface area contributed by atoms with Crippen molar-refractivity contribution in [2.45, 2.75) is 23.1 Å². The second kappa shape index (κ2) is 9.05. The maximum Gasteiger partial charge on any atom is 0.243 e. The van der Waals surface area contributed by atoms with Gasteiger partial charge in [-0.2, -0.15) is 4.31 Å². The first kappa shape index (κ1) is 21.7. The summed E-state index contributed by atoms with van der Waals surface area (Å²) in [5, 5.41) is 0. The molecule has 7 heteroatoms. The molecule has 0 saturated carbocycles. The van der Waals surface area contributed by atoms with Crippen molar-refractivity contribution in [2.24, 2.45) is 0 Å². The van der Waals surface area contributed by atoms with E-state index in [2.05, 4.69) is 18.2 Å². The SMILES string of the molecule is C#CCN(CCC(=C=C)S(=O)(=O)c1ccccc1)S(=O)(=O)c1ccc(C)cc1. The summed E-state index contributed by atoms with van der Waals surface area (Å²) in [6.07, 6.45) is 5.25. The van der Waals surface area contributed by atoms with Gasteiger partial charge in [0.25, 0.3) is 0 Å². The first-order valence-corrected chi connectivity index (χ1v) is 11.3. The van der Waals surface area contributed by atoms with Crippen LogP contribution in [0.4, 0.5) is 0 Å². The second-order valence-electron chi connectivity index (χ2n) is 6.02. The molecule has 0 aliphatic heterocycles. The molecule has 0 spiro atoms. The van der Waals surface area contributed by atoms with Crippen LogP contribution >= 0.6 is 0 Å². The predicted molar refractivity (Wildman–Crippen MR) is 110 cm³/mol. The minimum atomic E-state index is -3.86. The van der Waals surface area contributed by atoms with Crippen LogP contribution in [0.25, 0.3) is 0 Å². The molecule has 0 aliphatic rings. The number of terminal acetylenes is 1. The molecule has 2 rings (SSSR count). The fourth-order valence-corrected chi connectivity index (χ4v) is 5.24. The van der Waals surface area contributed by atoms with Crippen molar-refractivity contribution < 1.29 is 16.8 Å². The summed E-state index contributed by atoms with van der Waals surface area (Å²) in [7, 11) is -7.67. The molecule has 0 aliphatic carbocycles. The number of sulfone groups is 1. The van der Waals surface area contributed by atoms with Crippen LogP contribution in [0.2, 0.25) is 0 Å². The molecule has 0 radical (unpaired) electrons. The number of sulfonamides is 1. The van der Waals surface area contributed by atoms with Gasteiger partial charge in [0.05, 0.1) is 21.2 Å². The van der Waals surface area contributed by atoms with Gasteiger partial charge < -0.3 is 0 Å². The smallest absolute Gasteiger partial charge is 0.218 e. The number of hydrogen-bond donors (Lipinski definition) is 0. The molecule has 0 N–H and O–H groups in total. The lowest BCUT2D eigenvalue weighted by Crippen LogP contribution is -2.33. The Balaban J connectivity index is 2.28. The Morgan fingerprint density at radius 1 is 1.00 bits per heavy atom. The second-order valence-corrected chi connectivity index (χ2v) is 9.93. The number of benzene rings is 2. The fourth-order valence-electron chi connectivity index (χ4n) is 2.53. The van der Waals surface area contributed by atoms with E-state index < -0.39 is 19.9 Å². The third-order valence-electron chi connectivity index (χ3n) is 4.09. The molecule has 2 aromatic carbocycles. The largest absolute Gasteiger partial charge is 0.243 e. The Kier molecular flexibility index (Phi) is 7.00. The van der Waals surface area contributed by atoms with Gasteiger partial charge in [0.15, 0.2) is 0 Å². The minimum absolute atomic E-state index is 0.0835. The molecule has 0 unspecified atom stereocenters. The molecule has 28 heavy (non-hydrogen) atoms. The molecule has 0 aromatic heterocycles. The van der Waals surface area contributed by atoms with E-state index in [9.17, 15) is 16.8 Å². The number of rotatable bonds is 8. The third-order valence-corrected chi connectivity index (χ3v) is 7.84. The zero-order chi connectivity index (χ0) is 20.8. The number of nitrogens with zero attached hydrogens (tertiary/aromatic N) is 1. The van der Waals surface area contributed by atoms with Crippen molar-refractivity contribution >= 4 is 19.9 Å². The van der Waals surface area contributed by atoms with Crippen molar-refractivity contribution in [1.29, 1.82) is 0 Å². The third kappa shape index (κ3) is 4.80. The van der Waals surface area contributed by atoms with E-state index >= 15 is 0 Å². The van der Waals surface area contributed by atoms with E-state index in [4.69, 9.17) is 6.42 Å². The summed E-state index contributed by atoms with van der Waals surface area (Å²) in [6.45, 7) is 5.03. The first-order chi connectivity index (χ1) is 13.2. The number of aryl methyl sites for hydroxylation is 1. The first-order valence-electron chi connectivity index (χ1n) is 8.43. The van der Waals surface area contributed by atoms with Gasteiger partial charge in [-0.3, -0.25) is 0 Å². The van der Waals surface area contributed by atoms with Crippen LogP contribution in [-0.4, -0.2) is 34.2 Å². The molecule has 2 aromatic rings. The predicted octanol–water partition coefficient (Wildman–Crippen LogP) is 3.15. The van der Waals surface area contributed by atoms with E-state index in [1.165, 1.54) is 24.3 Å². The lowest BCUT2D eigenvalue weighted by atomic mass is 10.2. The van der Waals surface area contributed by atoms with Crippen LogP contribution in [0.15, 0.2) is 81.6 Å². The Labute approximate surface area is 167 Å². The van der Waals surface area contributed by atoms with E-state index in [1.807, 2.05) is 6.92 Å².